The predicted octanol–water partition coefficient (Wildman–Crippen LogP) is 1.58. The molecule has 6 nitrogen and oxygen atoms in total. The van der Waals surface area contributed by atoms with Crippen molar-refractivity contribution >= 4 is 16.0 Å². The number of rotatable bonds is 3. The molecule has 1 aliphatic rings. The minimum atomic E-state index is -3.95. The molecule has 1 fully saturated rings. The maximum Gasteiger partial charge on any atom is 0.324 e. The number of carboxylic acids is 1. The van der Waals surface area contributed by atoms with E-state index in [4.69, 9.17) is 5.26 Å². The molecule has 7 heteroatoms. The van der Waals surface area contributed by atoms with Crippen LogP contribution in [-0.2, 0) is 14.8 Å². The summed E-state index contributed by atoms with van der Waals surface area (Å²) in [5.74, 6) is -1.15. The Morgan fingerprint density at radius 2 is 2.14 bits per heavy atom. The summed E-state index contributed by atoms with van der Waals surface area (Å²) in [6.45, 7) is 1.60. The van der Waals surface area contributed by atoms with E-state index in [0.29, 0.717) is 12.8 Å². The van der Waals surface area contributed by atoms with E-state index in [1.165, 1.54) is 31.2 Å². The van der Waals surface area contributed by atoms with E-state index in [1.807, 2.05) is 6.07 Å². The Kier molecular flexibility index (Phi) is 4.03. The summed E-state index contributed by atoms with van der Waals surface area (Å²) in [4.78, 5) is 11.5. The Balaban J connectivity index is 2.51. The SMILES string of the molecule is CC1(C(=O)O)CCCCN1S(=O)(=O)c1cccc(C#N)c1. The van der Waals surface area contributed by atoms with E-state index in [2.05, 4.69) is 0 Å². The van der Waals surface area contributed by atoms with E-state index >= 15 is 0 Å². The first-order valence-electron chi connectivity index (χ1n) is 6.59. The van der Waals surface area contributed by atoms with E-state index < -0.39 is 21.5 Å². The van der Waals surface area contributed by atoms with Gasteiger partial charge >= 0.3 is 5.97 Å². The third-order valence-electron chi connectivity index (χ3n) is 3.84. The first-order chi connectivity index (χ1) is 9.82. The monoisotopic (exact) mass is 308 g/mol. The van der Waals surface area contributed by atoms with Crippen LogP contribution in [0.1, 0.15) is 31.7 Å². The van der Waals surface area contributed by atoms with Gasteiger partial charge in [-0.15, -0.1) is 0 Å². The third kappa shape index (κ3) is 2.64. The maximum absolute atomic E-state index is 12.7. The van der Waals surface area contributed by atoms with Gasteiger partial charge in [-0.05, 0) is 44.4 Å². The van der Waals surface area contributed by atoms with Crippen molar-refractivity contribution in [1.82, 2.24) is 4.31 Å². The first kappa shape index (κ1) is 15.5. The Morgan fingerprint density at radius 1 is 1.43 bits per heavy atom. The summed E-state index contributed by atoms with van der Waals surface area (Å²) >= 11 is 0. The van der Waals surface area contributed by atoms with Crippen molar-refractivity contribution in [1.29, 1.82) is 5.26 Å². The van der Waals surface area contributed by atoms with Crippen LogP contribution in [0.3, 0.4) is 0 Å². The number of sulfonamides is 1. The number of nitrogens with zero attached hydrogens (tertiary/aromatic N) is 2. The van der Waals surface area contributed by atoms with Crippen LogP contribution in [0.2, 0.25) is 0 Å². The van der Waals surface area contributed by atoms with Gasteiger partial charge in [-0.25, -0.2) is 8.42 Å². The van der Waals surface area contributed by atoms with Crippen molar-refractivity contribution in [2.45, 2.75) is 36.6 Å². The minimum Gasteiger partial charge on any atom is -0.480 e. The fraction of sp³-hybridized carbons (Fsp3) is 0.429. The van der Waals surface area contributed by atoms with Crippen LogP contribution in [0, 0.1) is 11.3 Å². The van der Waals surface area contributed by atoms with Crippen LogP contribution in [-0.4, -0.2) is 35.9 Å². The smallest absolute Gasteiger partial charge is 0.324 e. The van der Waals surface area contributed by atoms with Gasteiger partial charge in [-0.1, -0.05) is 6.07 Å². The lowest BCUT2D eigenvalue weighted by Gasteiger charge is -2.40. The molecule has 112 valence electrons. The van der Waals surface area contributed by atoms with Crippen molar-refractivity contribution in [3.63, 3.8) is 0 Å². The second-order valence-electron chi connectivity index (χ2n) is 5.25. The van der Waals surface area contributed by atoms with Crippen LogP contribution in [0.4, 0.5) is 0 Å². The van der Waals surface area contributed by atoms with E-state index in [9.17, 15) is 18.3 Å². The second-order valence-corrected chi connectivity index (χ2v) is 7.12. The topological polar surface area (TPSA) is 98.5 Å². The maximum atomic E-state index is 12.7. The molecule has 1 saturated heterocycles. The highest BCUT2D eigenvalue weighted by molar-refractivity contribution is 7.89. The minimum absolute atomic E-state index is 0.0454. The number of hydrogen-bond donors (Lipinski definition) is 1. The zero-order valence-corrected chi connectivity index (χ0v) is 12.4. The van der Waals surface area contributed by atoms with Gasteiger partial charge in [-0.3, -0.25) is 4.79 Å². The number of aliphatic carboxylic acids is 1. The quantitative estimate of drug-likeness (QED) is 0.914. The Morgan fingerprint density at radius 3 is 2.76 bits per heavy atom. The molecule has 1 atom stereocenters. The van der Waals surface area contributed by atoms with E-state index in [1.54, 1.807) is 0 Å². The Bertz CT molecular complexity index is 708. The standard InChI is InChI=1S/C14H16N2O4S/c1-14(13(17)18)7-2-3-8-16(14)21(19,20)12-6-4-5-11(9-12)10-15/h4-6,9H,2-3,7-8H2,1H3,(H,17,18). The van der Waals surface area contributed by atoms with Crippen molar-refractivity contribution in [2.24, 2.45) is 0 Å². The molecule has 0 saturated carbocycles. The van der Waals surface area contributed by atoms with Crippen molar-refractivity contribution < 1.29 is 18.3 Å². The Labute approximate surface area is 123 Å². The van der Waals surface area contributed by atoms with Crippen molar-refractivity contribution in [3.8, 4) is 6.07 Å². The van der Waals surface area contributed by atoms with Crippen LogP contribution < -0.4 is 0 Å². The molecule has 0 aromatic heterocycles. The summed E-state index contributed by atoms with van der Waals surface area (Å²) in [6, 6.07) is 7.52. The molecule has 1 N–H and O–H groups in total. The van der Waals surface area contributed by atoms with Crippen molar-refractivity contribution in [2.75, 3.05) is 6.54 Å². The average molecular weight is 308 g/mol. The molecule has 1 aliphatic heterocycles. The summed E-state index contributed by atoms with van der Waals surface area (Å²) in [6.07, 6.45) is 1.58. The van der Waals surface area contributed by atoms with Crippen molar-refractivity contribution in [3.05, 3.63) is 29.8 Å². The molecule has 0 radical (unpaired) electrons. The van der Waals surface area contributed by atoms with Crippen LogP contribution in [0.15, 0.2) is 29.2 Å². The Hall–Kier alpha value is -1.91. The van der Waals surface area contributed by atoms with Gasteiger partial charge in [0, 0.05) is 6.54 Å². The molecule has 1 aromatic carbocycles. The fourth-order valence-corrected chi connectivity index (χ4v) is 4.40. The lowest BCUT2D eigenvalue weighted by Crippen LogP contribution is -2.57. The zero-order chi connectivity index (χ0) is 15.7. The molecular formula is C14H16N2O4S. The molecule has 0 aliphatic carbocycles. The molecular weight excluding hydrogens is 292 g/mol. The van der Waals surface area contributed by atoms with Gasteiger partial charge in [0.05, 0.1) is 16.5 Å². The van der Waals surface area contributed by atoms with E-state index in [0.717, 1.165) is 4.31 Å². The molecule has 2 rings (SSSR count). The lowest BCUT2D eigenvalue weighted by atomic mass is 9.91. The van der Waals surface area contributed by atoms with Crippen LogP contribution in [0.5, 0.6) is 0 Å². The first-order valence-corrected chi connectivity index (χ1v) is 8.03. The van der Waals surface area contributed by atoms with Gasteiger partial charge in [0.1, 0.15) is 5.54 Å². The summed E-state index contributed by atoms with van der Waals surface area (Å²) in [5.41, 5.74) is -1.22. The highest BCUT2D eigenvalue weighted by Crippen LogP contribution is 2.33. The number of nitriles is 1. The van der Waals surface area contributed by atoms with Crippen LogP contribution >= 0.6 is 0 Å². The van der Waals surface area contributed by atoms with Gasteiger partial charge in [-0.2, -0.15) is 9.57 Å². The number of benzene rings is 1. The van der Waals surface area contributed by atoms with Gasteiger partial charge in [0.2, 0.25) is 10.0 Å². The molecule has 0 amide bonds. The zero-order valence-electron chi connectivity index (χ0n) is 11.6. The summed E-state index contributed by atoms with van der Waals surface area (Å²) in [7, 11) is -3.95. The largest absolute Gasteiger partial charge is 0.480 e. The number of piperidine rings is 1. The van der Waals surface area contributed by atoms with Crippen LogP contribution in [0.25, 0.3) is 0 Å². The fourth-order valence-electron chi connectivity index (χ4n) is 2.55. The highest BCUT2D eigenvalue weighted by Gasteiger charge is 2.47. The highest BCUT2D eigenvalue weighted by atomic mass is 32.2. The molecule has 1 aromatic rings. The average Bonchev–Trinajstić information content (AvgIpc) is 2.47. The predicted molar refractivity (Wildman–Crippen MR) is 74.9 cm³/mol. The molecule has 21 heavy (non-hydrogen) atoms. The molecule has 1 unspecified atom stereocenters. The number of carbonyl (C=O) groups is 1. The molecule has 1 heterocycles. The second kappa shape index (κ2) is 5.47. The van der Waals surface area contributed by atoms with Gasteiger partial charge < -0.3 is 5.11 Å². The number of carboxylic acid groups (broad SMARTS) is 1. The van der Waals surface area contributed by atoms with E-state index in [-0.39, 0.29) is 23.4 Å². The summed E-state index contributed by atoms with van der Waals surface area (Å²) < 4.78 is 26.5. The summed E-state index contributed by atoms with van der Waals surface area (Å²) in [5, 5.41) is 18.3. The molecule has 0 spiro atoms. The number of hydrogen-bond acceptors (Lipinski definition) is 4. The normalized spacial score (nSPS) is 23.4. The van der Waals surface area contributed by atoms with Gasteiger partial charge in [0.25, 0.3) is 0 Å². The molecule has 0 bridgehead atoms. The lowest BCUT2D eigenvalue weighted by molar-refractivity contribution is -0.149. The third-order valence-corrected chi connectivity index (χ3v) is 5.85. The van der Waals surface area contributed by atoms with Gasteiger partial charge in [0.15, 0.2) is 0 Å².